The highest BCUT2D eigenvalue weighted by Gasteiger charge is 2.23. The van der Waals surface area contributed by atoms with E-state index in [1.54, 1.807) is 17.6 Å². The Balaban J connectivity index is 2.57. The third-order valence-electron chi connectivity index (χ3n) is 2.70. The molecular formula is C10H12FNO. The second-order valence-electron chi connectivity index (χ2n) is 3.54. The van der Waals surface area contributed by atoms with Gasteiger partial charge in [0, 0.05) is 23.7 Å². The third kappa shape index (κ3) is 1.19. The Labute approximate surface area is 76.0 Å². The second-order valence-corrected chi connectivity index (χ2v) is 3.54. The molecule has 0 amide bonds. The fourth-order valence-corrected chi connectivity index (χ4v) is 1.88. The molecule has 0 spiro atoms. The van der Waals surface area contributed by atoms with E-state index in [2.05, 4.69) is 0 Å². The standard InChI is InChI=1S/C10H12FNO/c1-7-2-3-9-8(6-11)4-5-12(9)10(7)13/h2-3,8H,4-6H2,1H3. The highest BCUT2D eigenvalue weighted by molar-refractivity contribution is 5.20. The highest BCUT2D eigenvalue weighted by Crippen LogP contribution is 2.26. The number of halogens is 1. The summed E-state index contributed by atoms with van der Waals surface area (Å²) in [5, 5.41) is 0. The lowest BCUT2D eigenvalue weighted by Crippen LogP contribution is -2.21. The van der Waals surface area contributed by atoms with Crippen LogP contribution < -0.4 is 5.56 Å². The lowest BCUT2D eigenvalue weighted by atomic mass is 10.1. The molecule has 13 heavy (non-hydrogen) atoms. The van der Waals surface area contributed by atoms with Crippen molar-refractivity contribution in [1.29, 1.82) is 0 Å². The van der Waals surface area contributed by atoms with Crippen LogP contribution in [0.5, 0.6) is 0 Å². The molecule has 2 heterocycles. The highest BCUT2D eigenvalue weighted by atomic mass is 19.1. The Kier molecular flexibility index (Phi) is 1.94. The quantitative estimate of drug-likeness (QED) is 0.645. The van der Waals surface area contributed by atoms with Gasteiger partial charge in [0.15, 0.2) is 0 Å². The molecule has 0 bridgehead atoms. The molecule has 0 N–H and O–H groups in total. The molecule has 0 fully saturated rings. The SMILES string of the molecule is Cc1ccc2n(c1=O)CCC2CF. The van der Waals surface area contributed by atoms with Crippen molar-refractivity contribution < 1.29 is 4.39 Å². The van der Waals surface area contributed by atoms with E-state index in [9.17, 15) is 9.18 Å². The molecule has 2 nitrogen and oxygen atoms in total. The van der Waals surface area contributed by atoms with Crippen molar-refractivity contribution in [3.8, 4) is 0 Å². The number of aryl methyl sites for hydroxylation is 1. The summed E-state index contributed by atoms with van der Waals surface area (Å²) >= 11 is 0. The van der Waals surface area contributed by atoms with E-state index in [1.165, 1.54) is 0 Å². The van der Waals surface area contributed by atoms with Crippen LogP contribution in [0.1, 0.15) is 23.6 Å². The van der Waals surface area contributed by atoms with Gasteiger partial charge in [-0.2, -0.15) is 0 Å². The van der Waals surface area contributed by atoms with Gasteiger partial charge in [0.05, 0.1) is 6.67 Å². The van der Waals surface area contributed by atoms with Crippen molar-refractivity contribution in [2.75, 3.05) is 6.67 Å². The maximum absolute atomic E-state index is 12.5. The zero-order valence-corrected chi connectivity index (χ0v) is 7.59. The summed E-state index contributed by atoms with van der Waals surface area (Å²) in [5.41, 5.74) is 1.63. The molecule has 0 aromatic carbocycles. The van der Waals surface area contributed by atoms with E-state index >= 15 is 0 Å². The summed E-state index contributed by atoms with van der Waals surface area (Å²) in [4.78, 5) is 11.6. The van der Waals surface area contributed by atoms with Crippen LogP contribution in [-0.4, -0.2) is 11.2 Å². The zero-order valence-electron chi connectivity index (χ0n) is 7.59. The van der Waals surface area contributed by atoms with Crippen LogP contribution in [0.25, 0.3) is 0 Å². The van der Waals surface area contributed by atoms with Crippen molar-refractivity contribution >= 4 is 0 Å². The van der Waals surface area contributed by atoms with Gasteiger partial charge in [-0.1, -0.05) is 6.07 Å². The smallest absolute Gasteiger partial charge is 0.253 e. The van der Waals surface area contributed by atoms with Crippen LogP contribution in [-0.2, 0) is 6.54 Å². The molecule has 2 rings (SSSR count). The number of pyridine rings is 1. The normalized spacial score (nSPS) is 20.3. The molecule has 3 heteroatoms. The summed E-state index contributed by atoms with van der Waals surface area (Å²) < 4.78 is 14.2. The van der Waals surface area contributed by atoms with Crippen molar-refractivity contribution in [1.82, 2.24) is 4.57 Å². The van der Waals surface area contributed by atoms with Gasteiger partial charge in [0.2, 0.25) is 0 Å². The van der Waals surface area contributed by atoms with E-state index in [0.29, 0.717) is 6.54 Å². The van der Waals surface area contributed by atoms with Crippen molar-refractivity contribution in [2.45, 2.75) is 25.8 Å². The molecule has 1 atom stereocenters. The lowest BCUT2D eigenvalue weighted by Gasteiger charge is -2.06. The molecule has 1 aliphatic rings. The Morgan fingerprint density at radius 2 is 2.38 bits per heavy atom. The third-order valence-corrected chi connectivity index (χ3v) is 2.70. The second kappa shape index (κ2) is 2.98. The van der Waals surface area contributed by atoms with Crippen molar-refractivity contribution in [2.24, 2.45) is 0 Å². The van der Waals surface area contributed by atoms with E-state index in [1.807, 2.05) is 6.07 Å². The zero-order chi connectivity index (χ0) is 9.42. The Bertz CT molecular complexity index is 383. The average Bonchev–Trinajstić information content (AvgIpc) is 2.55. The number of nitrogens with zero attached hydrogens (tertiary/aromatic N) is 1. The number of hydrogen-bond donors (Lipinski definition) is 0. The van der Waals surface area contributed by atoms with Crippen LogP contribution in [0.15, 0.2) is 16.9 Å². The van der Waals surface area contributed by atoms with E-state index in [0.717, 1.165) is 17.7 Å². The first kappa shape index (κ1) is 8.48. The van der Waals surface area contributed by atoms with E-state index in [-0.39, 0.29) is 18.2 Å². The van der Waals surface area contributed by atoms with Gasteiger partial charge in [-0.3, -0.25) is 9.18 Å². The first-order valence-corrected chi connectivity index (χ1v) is 4.50. The molecule has 1 aromatic heterocycles. The maximum Gasteiger partial charge on any atom is 0.253 e. The Morgan fingerprint density at radius 1 is 1.62 bits per heavy atom. The predicted molar refractivity (Wildman–Crippen MR) is 48.8 cm³/mol. The summed E-state index contributed by atoms with van der Waals surface area (Å²) in [6, 6.07) is 3.65. The lowest BCUT2D eigenvalue weighted by molar-refractivity contribution is 0.429. The Morgan fingerprint density at radius 3 is 3.08 bits per heavy atom. The van der Waals surface area contributed by atoms with Crippen molar-refractivity contribution in [3.05, 3.63) is 33.7 Å². The number of rotatable bonds is 1. The van der Waals surface area contributed by atoms with Crippen LogP contribution in [0, 0.1) is 6.92 Å². The van der Waals surface area contributed by atoms with E-state index < -0.39 is 0 Å². The van der Waals surface area contributed by atoms with Gasteiger partial charge in [-0.15, -0.1) is 0 Å². The number of aromatic nitrogens is 1. The molecule has 1 aromatic rings. The van der Waals surface area contributed by atoms with E-state index in [4.69, 9.17) is 0 Å². The summed E-state index contributed by atoms with van der Waals surface area (Å²) in [5.74, 6) is -0.0618. The topological polar surface area (TPSA) is 22.0 Å². The van der Waals surface area contributed by atoms with Gasteiger partial charge in [0.25, 0.3) is 5.56 Å². The maximum atomic E-state index is 12.5. The average molecular weight is 181 g/mol. The monoisotopic (exact) mass is 181 g/mol. The fourth-order valence-electron chi connectivity index (χ4n) is 1.88. The molecule has 0 radical (unpaired) electrons. The number of fused-ring (bicyclic) bond motifs is 1. The van der Waals surface area contributed by atoms with Crippen LogP contribution in [0.2, 0.25) is 0 Å². The van der Waals surface area contributed by atoms with Gasteiger partial charge in [-0.25, -0.2) is 0 Å². The summed E-state index contributed by atoms with van der Waals surface area (Å²) in [6.45, 7) is 2.10. The van der Waals surface area contributed by atoms with Crippen LogP contribution in [0.3, 0.4) is 0 Å². The summed E-state index contributed by atoms with van der Waals surface area (Å²) in [7, 11) is 0. The van der Waals surface area contributed by atoms with Crippen molar-refractivity contribution in [3.63, 3.8) is 0 Å². The first-order chi connectivity index (χ1) is 6.24. The fraction of sp³-hybridized carbons (Fsp3) is 0.500. The summed E-state index contributed by atoms with van der Waals surface area (Å²) in [6.07, 6.45) is 0.759. The molecule has 1 aliphatic heterocycles. The van der Waals surface area contributed by atoms with Crippen LogP contribution >= 0.6 is 0 Å². The predicted octanol–water partition coefficient (Wildman–Crippen LogP) is 1.61. The molecule has 1 unspecified atom stereocenters. The molecule has 70 valence electrons. The molecule has 0 aliphatic carbocycles. The number of hydrogen-bond acceptors (Lipinski definition) is 1. The van der Waals surface area contributed by atoms with Gasteiger partial charge in [0.1, 0.15) is 0 Å². The molecule has 0 saturated heterocycles. The minimum Gasteiger partial charge on any atom is -0.312 e. The van der Waals surface area contributed by atoms with Gasteiger partial charge >= 0.3 is 0 Å². The largest absolute Gasteiger partial charge is 0.312 e. The van der Waals surface area contributed by atoms with Gasteiger partial charge < -0.3 is 4.57 Å². The van der Waals surface area contributed by atoms with Gasteiger partial charge in [-0.05, 0) is 19.4 Å². The van der Waals surface area contributed by atoms with Crippen LogP contribution in [0.4, 0.5) is 4.39 Å². The molecular weight excluding hydrogens is 169 g/mol. The number of alkyl halides is 1. The minimum atomic E-state index is -0.359. The molecule has 0 saturated carbocycles. The first-order valence-electron chi connectivity index (χ1n) is 4.50. The Hall–Kier alpha value is -1.12. The minimum absolute atomic E-state index is 0.0356.